The second-order valence-corrected chi connectivity index (χ2v) is 11.4. The summed E-state index contributed by atoms with van der Waals surface area (Å²) in [6, 6.07) is 6.38. The third kappa shape index (κ3) is 3.91. The average molecular weight is 530 g/mol. The maximum absolute atomic E-state index is 12.1. The Hall–Kier alpha value is -3.08. The minimum absolute atomic E-state index is 0.0487. The minimum atomic E-state index is -5.01. The maximum atomic E-state index is 12.1. The minimum Gasteiger partial charge on any atom is -0.483 e. The van der Waals surface area contributed by atoms with Gasteiger partial charge in [0.15, 0.2) is 6.61 Å². The van der Waals surface area contributed by atoms with Crippen molar-refractivity contribution in [2.45, 2.75) is 14.7 Å². The van der Waals surface area contributed by atoms with E-state index in [2.05, 4.69) is 5.32 Å². The summed E-state index contributed by atoms with van der Waals surface area (Å²) in [5, 5.41) is 1.75. The molecule has 0 aromatic heterocycles. The number of hydrogen-bond acceptors (Lipinski definition) is 8. The van der Waals surface area contributed by atoms with Gasteiger partial charge < -0.3 is 10.1 Å². The van der Waals surface area contributed by atoms with Crippen LogP contribution in [-0.4, -0.2) is 58.5 Å². The van der Waals surface area contributed by atoms with Crippen molar-refractivity contribution in [1.82, 2.24) is 5.32 Å². The number of ether oxygens (including phenoxy) is 1. The predicted molar refractivity (Wildman–Crippen MR) is 119 cm³/mol. The fourth-order valence-electron chi connectivity index (χ4n) is 3.84. The molecule has 0 heterocycles. The normalized spacial score (nSPS) is 13.1. The smallest absolute Gasteiger partial charge is 0.295 e. The molecule has 0 saturated carbocycles. The van der Waals surface area contributed by atoms with E-state index in [1.165, 1.54) is 19.2 Å². The fourth-order valence-corrected chi connectivity index (χ4v) is 6.05. The van der Waals surface area contributed by atoms with Crippen molar-refractivity contribution in [2.75, 3.05) is 13.7 Å². The third-order valence-corrected chi connectivity index (χ3v) is 7.90. The van der Waals surface area contributed by atoms with Gasteiger partial charge in [-0.1, -0.05) is 18.2 Å². The summed E-state index contributed by atoms with van der Waals surface area (Å²) in [6.45, 7) is -0.544. The molecule has 0 fully saturated rings. The second-order valence-electron chi connectivity index (χ2n) is 7.20. The lowest BCUT2D eigenvalue weighted by molar-refractivity contribution is -0.122. The molecule has 34 heavy (non-hydrogen) atoms. The van der Waals surface area contributed by atoms with E-state index in [1.54, 1.807) is 0 Å². The van der Waals surface area contributed by atoms with Crippen molar-refractivity contribution >= 4 is 68.6 Å². The Balaban J connectivity index is 2.31. The first kappa shape index (κ1) is 24.1. The molecule has 0 aliphatic carbocycles. The van der Waals surface area contributed by atoms with Crippen LogP contribution in [0.15, 0.2) is 51.1 Å². The van der Waals surface area contributed by atoms with Crippen LogP contribution in [0.3, 0.4) is 0 Å². The molecule has 4 aromatic rings. The summed E-state index contributed by atoms with van der Waals surface area (Å²) in [6.07, 6.45) is 0. The van der Waals surface area contributed by atoms with E-state index in [-0.39, 0.29) is 38.1 Å². The zero-order chi connectivity index (χ0) is 25.2. The quantitative estimate of drug-likeness (QED) is 0.208. The van der Waals surface area contributed by atoms with Crippen LogP contribution in [-0.2, 0) is 35.1 Å². The van der Waals surface area contributed by atoms with Crippen molar-refractivity contribution in [1.29, 1.82) is 0 Å². The summed E-state index contributed by atoms with van der Waals surface area (Å²) in [5.41, 5.74) is 0. The van der Waals surface area contributed by atoms with E-state index in [4.69, 9.17) is 4.74 Å². The molecule has 0 bridgehead atoms. The number of rotatable bonds is 6. The number of benzene rings is 4. The lowest BCUT2D eigenvalue weighted by Gasteiger charge is -2.18. The Morgan fingerprint density at radius 3 is 1.53 bits per heavy atom. The number of hydrogen-bond donors (Lipinski definition) is 4. The van der Waals surface area contributed by atoms with E-state index in [0.29, 0.717) is 6.07 Å². The second kappa shape index (κ2) is 7.72. The van der Waals surface area contributed by atoms with E-state index in [0.717, 1.165) is 18.2 Å². The summed E-state index contributed by atoms with van der Waals surface area (Å²) in [4.78, 5) is 9.28. The highest BCUT2D eigenvalue weighted by atomic mass is 32.2. The molecule has 0 spiro atoms. The lowest BCUT2D eigenvalue weighted by Crippen LogP contribution is -2.25. The zero-order valence-corrected chi connectivity index (χ0v) is 19.5. The molecule has 0 aliphatic rings. The Morgan fingerprint density at radius 1 is 0.735 bits per heavy atom. The first-order valence-corrected chi connectivity index (χ1v) is 13.5. The molecule has 4 aromatic carbocycles. The van der Waals surface area contributed by atoms with Gasteiger partial charge in [-0.05, 0) is 12.1 Å². The summed E-state index contributed by atoms with van der Waals surface area (Å²) >= 11 is 0. The van der Waals surface area contributed by atoms with E-state index < -0.39 is 57.6 Å². The number of carbonyl (C=O) groups excluding carboxylic acids is 1. The van der Waals surface area contributed by atoms with Gasteiger partial charge in [0.05, 0.1) is 0 Å². The Labute approximate surface area is 192 Å². The van der Waals surface area contributed by atoms with Gasteiger partial charge in [-0.2, -0.15) is 25.3 Å². The molecule has 4 N–H and O–H groups in total. The van der Waals surface area contributed by atoms with Crippen molar-refractivity contribution in [2.24, 2.45) is 0 Å². The van der Waals surface area contributed by atoms with Crippen LogP contribution in [0.25, 0.3) is 32.3 Å². The number of likely N-dealkylation sites (N-methyl/N-ethyl adjacent to an activating group) is 1. The largest absolute Gasteiger partial charge is 0.483 e. The van der Waals surface area contributed by atoms with Crippen LogP contribution in [0.5, 0.6) is 5.75 Å². The lowest BCUT2D eigenvalue weighted by atomic mass is 9.93. The van der Waals surface area contributed by atoms with Crippen LogP contribution in [0.1, 0.15) is 0 Å². The molecule has 4 rings (SSSR count). The number of nitrogens with one attached hydrogen (secondary N) is 1. The van der Waals surface area contributed by atoms with Crippen LogP contribution < -0.4 is 10.1 Å². The van der Waals surface area contributed by atoms with Crippen molar-refractivity contribution in [3.8, 4) is 5.75 Å². The Kier molecular flexibility index (Phi) is 5.47. The van der Waals surface area contributed by atoms with Crippen LogP contribution in [0, 0.1) is 0 Å². The maximum Gasteiger partial charge on any atom is 0.295 e. The monoisotopic (exact) mass is 529 g/mol. The zero-order valence-electron chi connectivity index (χ0n) is 17.0. The third-order valence-electron chi connectivity index (χ3n) is 5.22. The van der Waals surface area contributed by atoms with Crippen LogP contribution >= 0.6 is 0 Å². The van der Waals surface area contributed by atoms with Gasteiger partial charge in [0.1, 0.15) is 20.4 Å². The van der Waals surface area contributed by atoms with Crippen molar-refractivity contribution < 1.29 is 48.4 Å². The molecule has 0 unspecified atom stereocenters. The number of carbonyl (C=O) groups is 1. The van der Waals surface area contributed by atoms with Crippen LogP contribution in [0.2, 0.25) is 0 Å². The molecule has 0 aliphatic heterocycles. The first-order chi connectivity index (χ1) is 15.6. The van der Waals surface area contributed by atoms with Gasteiger partial charge in [-0.25, -0.2) is 0 Å². The highest BCUT2D eigenvalue weighted by Gasteiger charge is 2.28. The van der Waals surface area contributed by atoms with Gasteiger partial charge in [-0.3, -0.25) is 18.5 Å². The van der Waals surface area contributed by atoms with E-state index in [9.17, 15) is 43.7 Å². The van der Waals surface area contributed by atoms with E-state index in [1.807, 2.05) is 0 Å². The predicted octanol–water partition coefficient (Wildman–Crippen LogP) is 1.45. The van der Waals surface area contributed by atoms with Crippen LogP contribution in [0.4, 0.5) is 0 Å². The highest BCUT2D eigenvalue weighted by molar-refractivity contribution is 7.87. The SMILES string of the molecule is CNC(=O)COc1cc(S(=O)(=O)O)c2ccc3c(S(=O)(=O)O)cc(S(=O)(=O)O)c4ccc1c2c43. The summed E-state index contributed by atoms with van der Waals surface area (Å²) in [5.74, 6) is -0.759. The van der Waals surface area contributed by atoms with Crippen molar-refractivity contribution in [3.63, 3.8) is 0 Å². The first-order valence-electron chi connectivity index (χ1n) is 9.19. The van der Waals surface area contributed by atoms with Gasteiger partial charge in [0.2, 0.25) is 0 Å². The van der Waals surface area contributed by atoms with Gasteiger partial charge >= 0.3 is 0 Å². The summed E-state index contributed by atoms with van der Waals surface area (Å²) < 4.78 is 107. The topological polar surface area (TPSA) is 201 Å². The molecule has 1 amide bonds. The van der Waals surface area contributed by atoms with Gasteiger partial charge in [0, 0.05) is 45.4 Å². The molecular formula is C19H15NO11S3. The molecule has 0 atom stereocenters. The summed E-state index contributed by atoms with van der Waals surface area (Å²) in [7, 11) is -13.6. The molecule has 15 heteroatoms. The highest BCUT2D eigenvalue weighted by Crippen LogP contribution is 2.45. The molecule has 12 nitrogen and oxygen atoms in total. The standard InChI is InChI=1S/C19H15NO11S3/c1-20-17(21)8-31-13-6-14(32(22,23)24)10-4-5-12-16(34(28,29)30)7-15(33(25,26)27)11-3-2-9(13)18(10)19(11)12/h2-7H,8H2,1H3,(H,20,21)(H,22,23,24)(H,25,26,27)(H,28,29,30). The van der Waals surface area contributed by atoms with Crippen molar-refractivity contribution in [3.05, 3.63) is 36.4 Å². The molecular weight excluding hydrogens is 514 g/mol. The fraction of sp³-hybridized carbons (Fsp3) is 0.105. The molecule has 180 valence electrons. The number of amides is 1. The van der Waals surface area contributed by atoms with Gasteiger partial charge in [0.25, 0.3) is 36.3 Å². The molecule has 0 radical (unpaired) electrons. The Bertz CT molecular complexity index is 1770. The Morgan fingerprint density at radius 2 is 1.12 bits per heavy atom. The molecule has 0 saturated heterocycles. The van der Waals surface area contributed by atoms with Gasteiger partial charge in [-0.15, -0.1) is 0 Å². The van der Waals surface area contributed by atoms with E-state index >= 15 is 0 Å². The average Bonchev–Trinajstić information content (AvgIpc) is 2.72.